The first-order valence-electron chi connectivity index (χ1n) is 4.20. The molecule has 1 amide bonds. The largest absolute Gasteiger partial charge is 0.441 e. The Labute approximate surface area is 66.1 Å². The standard InChI is InChI=1S/C8H13NO2/c1-6-3-2-4-8(6)5-9-7(10)11-8/h6H,2-5H2,1H3,(H,9,10). The zero-order valence-electron chi connectivity index (χ0n) is 6.72. The van der Waals surface area contributed by atoms with Crippen LogP contribution in [0.3, 0.4) is 0 Å². The monoisotopic (exact) mass is 155 g/mol. The topological polar surface area (TPSA) is 38.3 Å². The van der Waals surface area contributed by atoms with Crippen LogP contribution in [0.5, 0.6) is 0 Å². The highest BCUT2D eigenvalue weighted by atomic mass is 16.6. The maximum absolute atomic E-state index is 10.8. The van der Waals surface area contributed by atoms with Crippen LogP contribution in [-0.2, 0) is 4.74 Å². The molecule has 11 heavy (non-hydrogen) atoms. The Morgan fingerprint density at radius 1 is 1.73 bits per heavy atom. The summed E-state index contributed by atoms with van der Waals surface area (Å²) in [5.74, 6) is 0.529. The van der Waals surface area contributed by atoms with Crippen molar-refractivity contribution in [1.29, 1.82) is 0 Å². The van der Waals surface area contributed by atoms with E-state index in [1.165, 1.54) is 12.8 Å². The van der Waals surface area contributed by atoms with Crippen LogP contribution < -0.4 is 5.32 Å². The zero-order valence-corrected chi connectivity index (χ0v) is 6.72. The molecule has 1 aliphatic carbocycles. The highest BCUT2D eigenvalue weighted by Crippen LogP contribution is 2.40. The van der Waals surface area contributed by atoms with Crippen molar-refractivity contribution in [3.63, 3.8) is 0 Å². The Bertz CT molecular complexity index is 193. The van der Waals surface area contributed by atoms with Gasteiger partial charge in [-0.15, -0.1) is 0 Å². The van der Waals surface area contributed by atoms with Gasteiger partial charge in [0.15, 0.2) is 0 Å². The van der Waals surface area contributed by atoms with E-state index in [2.05, 4.69) is 12.2 Å². The van der Waals surface area contributed by atoms with Gasteiger partial charge in [-0.25, -0.2) is 4.79 Å². The van der Waals surface area contributed by atoms with Crippen LogP contribution in [-0.4, -0.2) is 18.2 Å². The Morgan fingerprint density at radius 2 is 2.55 bits per heavy atom. The van der Waals surface area contributed by atoms with Crippen molar-refractivity contribution in [2.45, 2.75) is 31.8 Å². The van der Waals surface area contributed by atoms with E-state index in [1.54, 1.807) is 0 Å². The summed E-state index contributed by atoms with van der Waals surface area (Å²) in [6, 6.07) is 0. The Hall–Kier alpha value is -0.730. The van der Waals surface area contributed by atoms with Gasteiger partial charge in [-0.2, -0.15) is 0 Å². The minimum atomic E-state index is -0.237. The zero-order chi connectivity index (χ0) is 7.90. The normalized spacial score (nSPS) is 42.6. The molecule has 3 heteroatoms. The maximum Gasteiger partial charge on any atom is 0.407 e. The van der Waals surface area contributed by atoms with Gasteiger partial charge in [0.1, 0.15) is 5.60 Å². The summed E-state index contributed by atoms with van der Waals surface area (Å²) in [6.45, 7) is 2.88. The van der Waals surface area contributed by atoms with E-state index in [4.69, 9.17) is 4.74 Å². The molecule has 2 unspecified atom stereocenters. The third-order valence-electron chi connectivity index (χ3n) is 2.96. The molecule has 0 aromatic carbocycles. The van der Waals surface area contributed by atoms with Gasteiger partial charge in [0, 0.05) is 0 Å². The Kier molecular flexibility index (Phi) is 1.34. The van der Waals surface area contributed by atoms with E-state index in [-0.39, 0.29) is 11.7 Å². The fraction of sp³-hybridized carbons (Fsp3) is 0.875. The summed E-state index contributed by atoms with van der Waals surface area (Å²) in [5, 5.41) is 2.72. The minimum Gasteiger partial charge on any atom is -0.441 e. The SMILES string of the molecule is CC1CCCC12CNC(=O)O2. The van der Waals surface area contributed by atoms with Crippen LogP contribution in [0.15, 0.2) is 0 Å². The van der Waals surface area contributed by atoms with Crippen LogP contribution in [0, 0.1) is 5.92 Å². The molecule has 62 valence electrons. The number of carbonyl (C=O) groups excluding carboxylic acids is 1. The summed E-state index contributed by atoms with van der Waals surface area (Å²) in [4.78, 5) is 10.8. The number of rotatable bonds is 0. The van der Waals surface area contributed by atoms with Crippen LogP contribution in [0.25, 0.3) is 0 Å². The van der Waals surface area contributed by atoms with Crippen molar-refractivity contribution in [2.24, 2.45) is 5.92 Å². The summed E-state index contributed by atoms with van der Waals surface area (Å²) in [7, 11) is 0. The number of hydrogen-bond donors (Lipinski definition) is 1. The van der Waals surface area contributed by atoms with E-state index >= 15 is 0 Å². The van der Waals surface area contributed by atoms with Crippen LogP contribution in [0.2, 0.25) is 0 Å². The molecule has 2 rings (SSSR count). The number of hydrogen-bond acceptors (Lipinski definition) is 2. The van der Waals surface area contributed by atoms with Gasteiger partial charge in [-0.3, -0.25) is 0 Å². The molecule has 2 fully saturated rings. The fourth-order valence-electron chi connectivity index (χ4n) is 2.11. The highest BCUT2D eigenvalue weighted by Gasteiger charge is 2.47. The maximum atomic E-state index is 10.8. The van der Waals surface area contributed by atoms with Gasteiger partial charge in [0.25, 0.3) is 0 Å². The molecule has 1 spiro atoms. The van der Waals surface area contributed by atoms with Gasteiger partial charge in [-0.05, 0) is 25.2 Å². The molecule has 3 nitrogen and oxygen atoms in total. The van der Waals surface area contributed by atoms with E-state index < -0.39 is 0 Å². The van der Waals surface area contributed by atoms with Crippen molar-refractivity contribution in [3.05, 3.63) is 0 Å². The van der Waals surface area contributed by atoms with E-state index in [9.17, 15) is 4.79 Å². The molecule has 0 aromatic rings. The quantitative estimate of drug-likeness (QED) is 0.572. The number of ether oxygens (including phenoxy) is 1. The molecule has 1 N–H and O–H groups in total. The van der Waals surface area contributed by atoms with Crippen molar-refractivity contribution >= 4 is 6.09 Å². The second kappa shape index (κ2) is 2.13. The lowest BCUT2D eigenvalue weighted by molar-refractivity contribution is 0.0311. The highest BCUT2D eigenvalue weighted by molar-refractivity contribution is 5.70. The van der Waals surface area contributed by atoms with Gasteiger partial charge >= 0.3 is 6.09 Å². The summed E-state index contributed by atoms with van der Waals surface area (Å²) in [6.07, 6.45) is 3.18. The number of alkyl carbamates (subject to hydrolysis) is 1. The lowest BCUT2D eigenvalue weighted by Crippen LogP contribution is -2.35. The predicted molar refractivity (Wildman–Crippen MR) is 40.2 cm³/mol. The molecular formula is C8H13NO2. The third-order valence-corrected chi connectivity index (χ3v) is 2.96. The van der Waals surface area contributed by atoms with Crippen molar-refractivity contribution in [3.8, 4) is 0 Å². The Balaban J connectivity index is 2.16. The molecule has 2 aliphatic rings. The Morgan fingerprint density at radius 3 is 3.00 bits per heavy atom. The number of nitrogens with one attached hydrogen (secondary N) is 1. The summed E-state index contributed by atoms with van der Waals surface area (Å²) >= 11 is 0. The average Bonchev–Trinajstić information content (AvgIpc) is 2.46. The van der Waals surface area contributed by atoms with Crippen LogP contribution in [0.1, 0.15) is 26.2 Å². The smallest absolute Gasteiger partial charge is 0.407 e. The van der Waals surface area contributed by atoms with Crippen molar-refractivity contribution in [1.82, 2.24) is 5.32 Å². The summed E-state index contributed by atoms with van der Waals surface area (Å²) < 4.78 is 5.27. The number of amides is 1. The summed E-state index contributed by atoms with van der Waals surface area (Å²) in [5.41, 5.74) is -0.142. The fourth-order valence-corrected chi connectivity index (χ4v) is 2.11. The van der Waals surface area contributed by atoms with Gasteiger partial charge < -0.3 is 10.1 Å². The molecule has 1 aliphatic heterocycles. The van der Waals surface area contributed by atoms with E-state index in [0.29, 0.717) is 12.5 Å². The first-order chi connectivity index (χ1) is 5.23. The first-order valence-corrected chi connectivity index (χ1v) is 4.20. The molecule has 0 bridgehead atoms. The third kappa shape index (κ3) is 0.905. The predicted octanol–water partition coefficient (Wildman–Crippen LogP) is 1.28. The average molecular weight is 155 g/mol. The first kappa shape index (κ1) is 6.95. The molecule has 1 saturated carbocycles. The van der Waals surface area contributed by atoms with Gasteiger partial charge in [0.2, 0.25) is 0 Å². The van der Waals surface area contributed by atoms with Gasteiger partial charge in [-0.1, -0.05) is 6.92 Å². The second-order valence-corrected chi connectivity index (χ2v) is 3.60. The molecular weight excluding hydrogens is 142 g/mol. The molecule has 1 heterocycles. The lowest BCUT2D eigenvalue weighted by atomic mass is 9.93. The van der Waals surface area contributed by atoms with E-state index in [0.717, 1.165) is 6.42 Å². The number of carbonyl (C=O) groups is 1. The van der Waals surface area contributed by atoms with Crippen molar-refractivity contribution in [2.75, 3.05) is 6.54 Å². The molecule has 0 radical (unpaired) electrons. The second-order valence-electron chi connectivity index (χ2n) is 3.60. The minimum absolute atomic E-state index is 0.142. The molecule has 0 aromatic heterocycles. The van der Waals surface area contributed by atoms with Crippen LogP contribution in [0.4, 0.5) is 4.79 Å². The van der Waals surface area contributed by atoms with Gasteiger partial charge in [0.05, 0.1) is 6.54 Å². The molecule has 1 saturated heterocycles. The van der Waals surface area contributed by atoms with Crippen molar-refractivity contribution < 1.29 is 9.53 Å². The molecule has 2 atom stereocenters. The lowest BCUT2D eigenvalue weighted by Gasteiger charge is -2.24. The van der Waals surface area contributed by atoms with Crippen LogP contribution >= 0.6 is 0 Å². The van der Waals surface area contributed by atoms with E-state index in [1.807, 2.05) is 0 Å².